The zero-order valence-corrected chi connectivity index (χ0v) is 50.1. The number of hydrogen-bond donors (Lipinski definition) is 12. The molecule has 0 atom stereocenters. The van der Waals surface area contributed by atoms with Gasteiger partial charge >= 0.3 is 71.6 Å². The molecule has 0 radical (unpaired) electrons. The molecule has 3 aromatic carbocycles. The third-order valence-electron chi connectivity index (χ3n) is 13.8. The number of methoxy groups -OCH3 is 1. The molecule has 12 N–H and O–H groups in total. The largest absolute Gasteiger partial charge is 0.507 e. The van der Waals surface area contributed by atoms with Gasteiger partial charge in [0.05, 0.1) is 16.4 Å². The van der Waals surface area contributed by atoms with Crippen LogP contribution in [0.5, 0.6) is 11.5 Å². The van der Waals surface area contributed by atoms with Crippen LogP contribution in [0.4, 0.5) is 0 Å². The Morgan fingerprint density at radius 1 is 0.433 bits per heavy atom. The van der Waals surface area contributed by atoms with Gasteiger partial charge in [-0.15, -0.1) is 0 Å². The minimum Gasteiger partial charge on any atom is -0.507 e. The molecule has 0 aromatic heterocycles. The number of esters is 2. The van der Waals surface area contributed by atoms with Gasteiger partial charge in [-0.3, -0.25) is 33.6 Å². The lowest BCUT2D eigenvalue weighted by molar-refractivity contribution is -0.175. The third kappa shape index (κ3) is 35.2. The van der Waals surface area contributed by atoms with Crippen LogP contribution in [0.1, 0.15) is 131 Å². The first-order valence-corrected chi connectivity index (χ1v) is 27.8. The number of ether oxygens (including phenoxy) is 4. The first kappa shape index (κ1) is 80.3. The number of hydrogen-bond acceptors (Lipinski definition) is 18. The van der Waals surface area contributed by atoms with E-state index in [9.17, 15) is 62.6 Å². The predicted octanol–water partition coefficient (Wildman–Crippen LogP) is 7.21. The lowest BCUT2D eigenvalue weighted by Crippen LogP contribution is -2.50. The quantitative estimate of drug-likeness (QED) is 0.0497. The predicted molar refractivity (Wildman–Crippen MR) is 310 cm³/mol. The lowest BCUT2D eigenvalue weighted by Gasteiger charge is -2.55. The fraction of sp³-hybridized carbons (Fsp3) is 0.492. The summed E-state index contributed by atoms with van der Waals surface area (Å²) in [4.78, 5) is 131. The maximum absolute atomic E-state index is 12.1. The van der Waals surface area contributed by atoms with Crippen molar-refractivity contribution in [3.8, 4) is 11.5 Å². The zero-order valence-electron chi connectivity index (χ0n) is 50.1. The molecule has 3 aromatic rings. The summed E-state index contributed by atoms with van der Waals surface area (Å²) in [5, 5.41) is 98.0. The first-order chi connectivity index (χ1) is 42.1. The zero-order chi connectivity index (χ0) is 68.7. The summed E-state index contributed by atoms with van der Waals surface area (Å²) in [6.45, 7) is 2.31. The molecule has 8 aliphatic carbocycles. The van der Waals surface area contributed by atoms with Crippen molar-refractivity contribution in [1.82, 2.24) is 0 Å². The second-order valence-electron chi connectivity index (χ2n) is 21.4. The average Bonchev–Trinajstić information content (AvgIpc) is 0.762. The number of aliphatic carboxylic acids is 9. The van der Waals surface area contributed by atoms with Crippen molar-refractivity contribution in [3.05, 3.63) is 96.1 Å². The molecule has 0 saturated heterocycles. The summed E-state index contributed by atoms with van der Waals surface area (Å²) in [5.74, 6) is -6.96. The van der Waals surface area contributed by atoms with Crippen molar-refractivity contribution in [2.45, 2.75) is 111 Å². The molecule has 0 spiro atoms. The number of benzene rings is 3. The number of carbonyl (C=O) groups is 13. The number of para-hydroxylation sites is 2. The smallest absolute Gasteiger partial charge is 0.341 e. The SMILES string of the molecule is CC(=O)O.CC(=O)OCC(=O)O.CCC(=O)O.COCC(=O)O.O=C(O)C12CC3CC(CC(C3)C1)C2.O=C(O)CC(=O)O.O=C(O)COC(=O)C12CC3CC(CC(C3)C1)C2.O=C(O)COc1ccccc1.O=C(O)c1ccccc1.O=C(O)c1ccccc1O. The summed E-state index contributed by atoms with van der Waals surface area (Å²) in [6, 6.07) is 22.9. The normalized spacial score (nSPS) is 21.2. The van der Waals surface area contributed by atoms with E-state index in [4.69, 9.17) is 70.4 Å². The number of carbonyl (C=O) groups excluding carboxylic acids is 2. The Bertz CT molecular complexity index is 2710. The number of rotatable bonds is 16. The van der Waals surface area contributed by atoms with Gasteiger partial charge in [0.2, 0.25) is 0 Å². The Balaban J connectivity index is 0.00000101. The van der Waals surface area contributed by atoms with E-state index in [0.717, 1.165) is 70.1 Å². The molecule has 0 amide bonds. The van der Waals surface area contributed by atoms with E-state index in [-0.39, 0.29) is 47.7 Å². The first-order valence-electron chi connectivity index (χ1n) is 27.8. The van der Waals surface area contributed by atoms with Gasteiger partial charge in [0.25, 0.3) is 5.97 Å². The molecule has 29 nitrogen and oxygen atoms in total. The number of carboxylic acid groups (broad SMARTS) is 11. The monoisotopic (exact) mass is 1280 g/mol. The average molecular weight is 1280 g/mol. The number of aromatic hydroxyl groups is 1. The van der Waals surface area contributed by atoms with Crippen molar-refractivity contribution in [3.63, 3.8) is 0 Å². The van der Waals surface area contributed by atoms with Crippen molar-refractivity contribution < 1.29 is 143 Å². The number of aromatic carboxylic acids is 2. The van der Waals surface area contributed by atoms with Gasteiger partial charge in [0.15, 0.2) is 19.8 Å². The van der Waals surface area contributed by atoms with Crippen molar-refractivity contribution in [2.75, 3.05) is 33.5 Å². The maximum Gasteiger partial charge on any atom is 0.341 e. The van der Waals surface area contributed by atoms with Crippen molar-refractivity contribution in [2.24, 2.45) is 46.3 Å². The van der Waals surface area contributed by atoms with Crippen LogP contribution in [-0.4, -0.2) is 172 Å². The molecule has 8 aliphatic rings. The molecule has 0 aliphatic heterocycles. The van der Waals surface area contributed by atoms with Gasteiger partial charge in [-0.05, 0) is 149 Å². The molecule has 498 valence electrons. The standard InChI is InChI=1S/C13H18O4.C11H16O2.C8H8O3.C7H6O3.C7H6O2.C4H6O4.C3H4O4.C3H6O3.C3H6O2.C2H4O2/c14-11(15)7-17-12(16)13-4-8-1-9(5-13)3-10(2-8)6-13;12-10(13)11-4-7-1-8(5-11)3-9(2-7)6-11;9-8(10)6-11-7-4-2-1-3-5-7;8-6-4-2-1-3-5(6)7(9)10;8-7(9)6-4-2-1-3-5-6;1-3(5)8-2-4(6)7;4-2(5)1-3(6)7;1-6-2-3(4)5;1-2-3(4)5;1-2(3)4/h8-10H,1-7H2,(H,14,15);7-9H,1-6H2,(H,12,13);1-5H,6H2,(H,9,10);1-4,8H,(H,9,10);1-5H,(H,8,9);2H2,1H3,(H,6,7);1H2,(H,4,5)(H,6,7);2H2,1H3,(H,4,5);2H2,1H3,(H,4,5);1H3,(H,3,4). The second-order valence-corrected chi connectivity index (χ2v) is 21.4. The molecule has 90 heavy (non-hydrogen) atoms. The van der Waals surface area contributed by atoms with Gasteiger partial charge in [0.1, 0.15) is 30.1 Å². The number of carboxylic acids is 11. The Morgan fingerprint density at radius 2 is 0.778 bits per heavy atom. The van der Waals surface area contributed by atoms with E-state index >= 15 is 0 Å². The van der Waals surface area contributed by atoms with Crippen LogP contribution in [0.15, 0.2) is 84.9 Å². The summed E-state index contributed by atoms with van der Waals surface area (Å²) in [7, 11) is 1.34. The molecule has 29 heteroatoms. The van der Waals surface area contributed by atoms with Crippen LogP contribution in [0.25, 0.3) is 0 Å². The van der Waals surface area contributed by atoms with E-state index in [1.54, 1.807) is 73.7 Å². The van der Waals surface area contributed by atoms with Crippen molar-refractivity contribution >= 4 is 77.6 Å². The summed E-state index contributed by atoms with van der Waals surface area (Å²) < 4.78 is 18.1. The highest BCUT2D eigenvalue weighted by atomic mass is 16.6. The highest BCUT2D eigenvalue weighted by Crippen LogP contribution is 2.61. The minimum absolute atomic E-state index is 0.0671. The minimum atomic E-state index is -1.31. The molecule has 8 fully saturated rings. The maximum atomic E-state index is 12.1. The molecular formula is C61H80O29. The molecule has 0 heterocycles. The van der Waals surface area contributed by atoms with Gasteiger partial charge < -0.3 is 80.2 Å². The highest BCUT2D eigenvalue weighted by Gasteiger charge is 2.56. The van der Waals surface area contributed by atoms with Crippen LogP contribution < -0.4 is 4.74 Å². The van der Waals surface area contributed by atoms with Gasteiger partial charge in [-0.2, -0.15) is 0 Å². The Morgan fingerprint density at radius 3 is 1.02 bits per heavy atom. The summed E-state index contributed by atoms with van der Waals surface area (Å²) in [5.41, 5.74) is -0.348. The number of phenols is 1. The molecule has 8 saturated carbocycles. The summed E-state index contributed by atoms with van der Waals surface area (Å²) >= 11 is 0. The molecule has 8 bridgehead atoms. The van der Waals surface area contributed by atoms with E-state index < -0.39 is 91.3 Å². The third-order valence-corrected chi connectivity index (χ3v) is 13.8. The van der Waals surface area contributed by atoms with Gasteiger partial charge in [0, 0.05) is 27.4 Å². The second kappa shape index (κ2) is 42.3. The van der Waals surface area contributed by atoms with Crippen LogP contribution >= 0.6 is 0 Å². The summed E-state index contributed by atoms with van der Waals surface area (Å²) in [6.07, 6.45) is 12.9. The molecule has 0 unspecified atom stereocenters. The highest BCUT2D eigenvalue weighted by molar-refractivity contribution is 5.90. The Kier molecular flexibility index (Phi) is 37.7. The van der Waals surface area contributed by atoms with Crippen LogP contribution in [0.3, 0.4) is 0 Å². The van der Waals surface area contributed by atoms with E-state index in [1.165, 1.54) is 57.8 Å². The van der Waals surface area contributed by atoms with Gasteiger partial charge in [-0.1, -0.05) is 55.5 Å². The topological polar surface area (TPSA) is 502 Å². The van der Waals surface area contributed by atoms with Crippen LogP contribution in [0.2, 0.25) is 0 Å². The van der Waals surface area contributed by atoms with Crippen LogP contribution in [-0.2, 0) is 67.0 Å². The Hall–Kier alpha value is -9.67. The fourth-order valence-electron chi connectivity index (χ4n) is 11.3. The lowest BCUT2D eigenvalue weighted by atomic mass is 9.49. The van der Waals surface area contributed by atoms with Crippen molar-refractivity contribution in [1.29, 1.82) is 0 Å². The molecular weight excluding hydrogens is 1200 g/mol. The van der Waals surface area contributed by atoms with Crippen LogP contribution in [0, 0.1) is 46.3 Å². The molecule has 11 rings (SSSR count). The Labute approximate surface area is 516 Å². The van der Waals surface area contributed by atoms with Gasteiger partial charge in [-0.25, -0.2) is 28.8 Å². The van der Waals surface area contributed by atoms with E-state index in [1.807, 2.05) is 6.07 Å². The fourth-order valence-corrected chi connectivity index (χ4v) is 11.3. The van der Waals surface area contributed by atoms with E-state index in [0.29, 0.717) is 29.1 Å². The van der Waals surface area contributed by atoms with E-state index in [2.05, 4.69) is 9.47 Å².